The first-order chi connectivity index (χ1) is 25.5. The fourth-order valence-corrected chi connectivity index (χ4v) is 7.92. The molecule has 282 valence electrons. The van der Waals surface area contributed by atoms with Crippen molar-refractivity contribution >= 4 is 22.8 Å². The van der Waals surface area contributed by atoms with Gasteiger partial charge in [0.25, 0.3) is 0 Å². The summed E-state index contributed by atoms with van der Waals surface area (Å²) in [6.45, 7) is 4.29. The largest absolute Gasteiger partial charge is 0.471 e. The minimum absolute atomic E-state index is 0.0194. The van der Waals surface area contributed by atoms with Crippen LogP contribution in [-0.2, 0) is 32.2 Å². The van der Waals surface area contributed by atoms with E-state index in [4.69, 9.17) is 9.47 Å². The number of imidazole rings is 1. The smallest absolute Gasteiger partial charge is 0.392 e. The molecule has 4 heterocycles. The van der Waals surface area contributed by atoms with Crippen molar-refractivity contribution in [3.05, 3.63) is 106 Å². The van der Waals surface area contributed by atoms with Crippen LogP contribution in [0.15, 0.2) is 77.6 Å². The average molecular weight is 736 g/mol. The number of para-hydroxylation sites is 2. The standard InChI is InChI=1S/C39H44F3N5O6/c1-24-33(22-45-19-16-29(17-20-45)47-31-6-3-2-5-30(31)44-38(47)51)52-36(53-34(24)27-12-10-26(23-48)11-13-27)28-14-8-25(9-15-28)21-43-35(49)32-7-4-18-46(32)37(50)39(40,41)42/h2-3,5-6,8-15,24,29,32-34,36,48H,4,7,16-23H2,1H3,(H,43,49)(H,44,51)/t24-,32-,33+,34+,36+/m0/s1. The van der Waals surface area contributed by atoms with E-state index in [1.165, 1.54) is 0 Å². The van der Waals surface area contributed by atoms with Crippen LogP contribution >= 0.6 is 0 Å². The van der Waals surface area contributed by atoms with E-state index in [-0.39, 0.29) is 56.0 Å². The highest BCUT2D eigenvalue weighted by molar-refractivity contribution is 5.90. The third-order valence-electron chi connectivity index (χ3n) is 10.9. The molecule has 3 N–H and O–H groups in total. The summed E-state index contributed by atoms with van der Waals surface area (Å²) in [7, 11) is 0. The van der Waals surface area contributed by atoms with Crippen LogP contribution in [0.5, 0.6) is 0 Å². The van der Waals surface area contributed by atoms with Crippen molar-refractivity contribution in [1.29, 1.82) is 0 Å². The summed E-state index contributed by atoms with van der Waals surface area (Å²) in [4.78, 5) is 43.4. The second-order valence-corrected chi connectivity index (χ2v) is 14.3. The fraction of sp³-hybridized carbons (Fsp3) is 0.462. The molecule has 0 aliphatic carbocycles. The molecule has 4 aromatic rings. The number of benzene rings is 3. The second-order valence-electron chi connectivity index (χ2n) is 14.3. The Morgan fingerprint density at radius 2 is 1.58 bits per heavy atom. The van der Waals surface area contributed by atoms with E-state index in [1.807, 2.05) is 77.4 Å². The van der Waals surface area contributed by atoms with Gasteiger partial charge in [0, 0.05) is 50.2 Å². The Hall–Kier alpha value is -4.50. The summed E-state index contributed by atoms with van der Waals surface area (Å²) in [5.74, 6) is -2.63. The van der Waals surface area contributed by atoms with Crippen LogP contribution in [0.3, 0.4) is 0 Å². The van der Waals surface area contributed by atoms with E-state index in [1.54, 1.807) is 0 Å². The zero-order valence-electron chi connectivity index (χ0n) is 29.4. The van der Waals surface area contributed by atoms with Gasteiger partial charge in [0.05, 0.1) is 29.8 Å². The van der Waals surface area contributed by atoms with Gasteiger partial charge in [-0.15, -0.1) is 0 Å². The van der Waals surface area contributed by atoms with E-state index in [0.29, 0.717) is 17.9 Å². The number of H-pyrrole nitrogens is 1. The minimum Gasteiger partial charge on any atom is -0.392 e. The maximum absolute atomic E-state index is 13.0. The molecule has 53 heavy (non-hydrogen) atoms. The van der Waals surface area contributed by atoms with Gasteiger partial charge in [0.15, 0.2) is 6.29 Å². The number of aliphatic hydroxyl groups excluding tert-OH is 1. The quantitative estimate of drug-likeness (QED) is 0.218. The first-order valence-corrected chi connectivity index (χ1v) is 18.2. The number of nitrogens with one attached hydrogen (secondary N) is 2. The number of alkyl halides is 3. The number of amides is 2. The highest BCUT2D eigenvalue weighted by Gasteiger charge is 2.47. The van der Waals surface area contributed by atoms with Crippen LogP contribution < -0.4 is 11.0 Å². The number of carbonyl (C=O) groups excluding carboxylic acids is 2. The van der Waals surface area contributed by atoms with E-state index in [0.717, 1.165) is 59.2 Å². The number of nitrogens with zero attached hydrogens (tertiary/aromatic N) is 3. The van der Waals surface area contributed by atoms with Crippen LogP contribution in [0.1, 0.15) is 73.3 Å². The Morgan fingerprint density at radius 1 is 0.906 bits per heavy atom. The molecule has 14 heteroatoms. The number of aromatic nitrogens is 2. The van der Waals surface area contributed by atoms with Gasteiger partial charge in [0.1, 0.15) is 6.04 Å². The number of piperidine rings is 1. The second kappa shape index (κ2) is 15.5. The summed E-state index contributed by atoms with van der Waals surface area (Å²) in [6.07, 6.45) is -4.09. The normalized spacial score (nSPS) is 24.5. The Bertz CT molecular complexity index is 1960. The molecular formula is C39H44F3N5O6. The monoisotopic (exact) mass is 735 g/mol. The lowest BCUT2D eigenvalue weighted by atomic mass is 9.89. The molecule has 3 aliphatic rings. The first kappa shape index (κ1) is 36.8. The van der Waals surface area contributed by atoms with Gasteiger partial charge in [-0.25, -0.2) is 4.79 Å². The molecular weight excluding hydrogens is 691 g/mol. The molecule has 0 bridgehead atoms. The number of rotatable bonds is 9. The van der Waals surface area contributed by atoms with E-state index in [2.05, 4.69) is 22.1 Å². The molecule has 3 fully saturated rings. The van der Waals surface area contributed by atoms with Crippen molar-refractivity contribution < 1.29 is 37.3 Å². The Labute approximate surface area is 304 Å². The van der Waals surface area contributed by atoms with Crippen molar-refractivity contribution in [3.8, 4) is 0 Å². The van der Waals surface area contributed by atoms with Crippen LogP contribution in [-0.4, -0.2) is 80.8 Å². The number of aromatic amines is 1. The maximum atomic E-state index is 13.0. The molecule has 0 unspecified atom stereocenters. The van der Waals surface area contributed by atoms with Gasteiger partial charge in [-0.2, -0.15) is 13.2 Å². The zero-order chi connectivity index (χ0) is 37.3. The van der Waals surface area contributed by atoms with Crippen LogP contribution in [0.2, 0.25) is 0 Å². The van der Waals surface area contributed by atoms with Crippen molar-refractivity contribution in [3.63, 3.8) is 0 Å². The molecule has 1 aromatic heterocycles. The number of likely N-dealkylation sites (tertiary alicyclic amines) is 2. The van der Waals surface area contributed by atoms with Gasteiger partial charge < -0.3 is 34.7 Å². The summed E-state index contributed by atoms with van der Waals surface area (Å²) >= 11 is 0. The lowest BCUT2D eigenvalue weighted by Gasteiger charge is -2.44. The summed E-state index contributed by atoms with van der Waals surface area (Å²) < 4.78 is 54.3. The van der Waals surface area contributed by atoms with Crippen LogP contribution in [0.4, 0.5) is 13.2 Å². The maximum Gasteiger partial charge on any atom is 0.471 e. The van der Waals surface area contributed by atoms with Crippen molar-refractivity contribution in [2.45, 2.75) is 82.5 Å². The molecule has 2 amide bonds. The lowest BCUT2D eigenvalue weighted by molar-refractivity contribution is -0.276. The fourth-order valence-electron chi connectivity index (χ4n) is 7.92. The molecule has 3 aromatic carbocycles. The van der Waals surface area contributed by atoms with Gasteiger partial charge in [-0.1, -0.05) is 67.6 Å². The van der Waals surface area contributed by atoms with Crippen molar-refractivity contribution in [1.82, 2.24) is 24.7 Å². The summed E-state index contributed by atoms with van der Waals surface area (Å²) in [5, 5.41) is 12.3. The molecule has 0 spiro atoms. The number of aliphatic hydroxyl groups is 1. The van der Waals surface area contributed by atoms with Crippen LogP contribution in [0, 0.1) is 5.92 Å². The number of fused-ring (bicyclic) bond motifs is 1. The summed E-state index contributed by atoms with van der Waals surface area (Å²) in [5.41, 5.74) is 4.93. The van der Waals surface area contributed by atoms with E-state index >= 15 is 0 Å². The third kappa shape index (κ3) is 7.91. The minimum atomic E-state index is -5.03. The van der Waals surface area contributed by atoms with Crippen molar-refractivity contribution in [2.24, 2.45) is 5.92 Å². The Morgan fingerprint density at radius 3 is 2.28 bits per heavy atom. The lowest BCUT2D eigenvalue weighted by Crippen LogP contribution is -2.50. The molecule has 7 rings (SSSR count). The Balaban J connectivity index is 1.02. The average Bonchev–Trinajstić information content (AvgIpc) is 3.79. The molecule has 11 nitrogen and oxygen atoms in total. The molecule has 3 saturated heterocycles. The van der Waals surface area contributed by atoms with Gasteiger partial charge in [-0.05, 0) is 54.5 Å². The zero-order valence-corrected chi connectivity index (χ0v) is 29.4. The van der Waals surface area contributed by atoms with Gasteiger partial charge in [0.2, 0.25) is 5.91 Å². The van der Waals surface area contributed by atoms with E-state index < -0.39 is 30.3 Å². The third-order valence-corrected chi connectivity index (χ3v) is 10.9. The molecule has 5 atom stereocenters. The topological polar surface area (TPSA) is 129 Å². The number of halogens is 3. The molecule has 0 radical (unpaired) electrons. The predicted molar refractivity (Wildman–Crippen MR) is 189 cm³/mol. The van der Waals surface area contributed by atoms with Gasteiger partial charge >= 0.3 is 17.8 Å². The number of carbonyl (C=O) groups is 2. The predicted octanol–water partition coefficient (Wildman–Crippen LogP) is 5.12. The van der Waals surface area contributed by atoms with Crippen LogP contribution in [0.25, 0.3) is 11.0 Å². The highest BCUT2D eigenvalue weighted by atomic mass is 19.4. The summed E-state index contributed by atoms with van der Waals surface area (Å²) in [6, 6.07) is 21.7. The number of hydrogen-bond donors (Lipinski definition) is 3. The van der Waals surface area contributed by atoms with Gasteiger partial charge in [-0.3, -0.25) is 14.2 Å². The number of hydrogen-bond acceptors (Lipinski definition) is 7. The molecule has 0 saturated carbocycles. The number of ether oxygens (including phenoxy) is 2. The van der Waals surface area contributed by atoms with Crippen molar-refractivity contribution in [2.75, 3.05) is 26.2 Å². The SMILES string of the molecule is C[C@H]1[C@@H](CN2CCC(n3c(=O)[nH]c4ccccc43)CC2)O[C@@H](c2ccc(CNC(=O)[C@@H]3CCCN3C(=O)C(F)(F)F)cc2)O[C@H]1c1ccc(CO)cc1. The highest BCUT2D eigenvalue weighted by Crippen LogP contribution is 2.42. The molecule has 3 aliphatic heterocycles. The van der Waals surface area contributed by atoms with E-state index in [9.17, 15) is 32.7 Å². The first-order valence-electron chi connectivity index (χ1n) is 18.2. The Kier molecular flexibility index (Phi) is 10.7.